The maximum atomic E-state index is 9.55. The van der Waals surface area contributed by atoms with Crippen LogP contribution < -0.4 is 5.73 Å². The van der Waals surface area contributed by atoms with Gasteiger partial charge in [-0.3, -0.25) is 0 Å². The Morgan fingerprint density at radius 1 is 1.05 bits per heavy atom. The molecular weight excluding hydrogens is 248 g/mol. The van der Waals surface area contributed by atoms with E-state index < -0.39 is 0 Å². The molecule has 3 N–H and O–H groups in total. The van der Waals surface area contributed by atoms with E-state index >= 15 is 0 Å². The maximum absolute atomic E-state index is 9.55. The Morgan fingerprint density at radius 3 is 2.70 bits per heavy atom. The molecule has 0 radical (unpaired) electrons. The van der Waals surface area contributed by atoms with Crippen molar-refractivity contribution in [2.24, 2.45) is 5.73 Å². The van der Waals surface area contributed by atoms with Crippen molar-refractivity contribution in [2.45, 2.75) is 13.0 Å². The van der Waals surface area contributed by atoms with E-state index in [1.54, 1.807) is 12.1 Å². The fourth-order valence-electron chi connectivity index (χ4n) is 2.65. The van der Waals surface area contributed by atoms with Crippen molar-refractivity contribution in [3.63, 3.8) is 0 Å². The van der Waals surface area contributed by atoms with E-state index in [2.05, 4.69) is 35.0 Å². The van der Waals surface area contributed by atoms with Crippen LogP contribution in [-0.4, -0.2) is 16.2 Å². The molecule has 1 aromatic heterocycles. The van der Waals surface area contributed by atoms with Crippen LogP contribution in [0.3, 0.4) is 0 Å². The predicted octanol–water partition coefficient (Wildman–Crippen LogP) is 2.90. The molecule has 3 rings (SSSR count). The van der Waals surface area contributed by atoms with Gasteiger partial charge < -0.3 is 15.4 Å². The van der Waals surface area contributed by atoms with Gasteiger partial charge in [0.05, 0.1) is 0 Å². The summed E-state index contributed by atoms with van der Waals surface area (Å²) >= 11 is 0. The van der Waals surface area contributed by atoms with Crippen LogP contribution in [0.25, 0.3) is 10.9 Å². The lowest BCUT2D eigenvalue weighted by Gasteiger charge is -2.07. The molecule has 0 atom stereocenters. The molecule has 0 aliphatic heterocycles. The largest absolute Gasteiger partial charge is 0.508 e. The van der Waals surface area contributed by atoms with Gasteiger partial charge in [-0.15, -0.1) is 0 Å². The van der Waals surface area contributed by atoms with Crippen molar-refractivity contribution in [1.82, 2.24) is 4.57 Å². The normalized spacial score (nSPS) is 11.1. The number of rotatable bonds is 4. The summed E-state index contributed by atoms with van der Waals surface area (Å²) in [4.78, 5) is 0. The first-order chi connectivity index (χ1) is 9.78. The zero-order valence-electron chi connectivity index (χ0n) is 11.3. The van der Waals surface area contributed by atoms with E-state index in [9.17, 15) is 5.11 Å². The maximum Gasteiger partial charge on any atom is 0.115 e. The first-order valence-electron chi connectivity index (χ1n) is 6.82. The molecule has 2 aromatic carbocycles. The summed E-state index contributed by atoms with van der Waals surface area (Å²) in [6.07, 6.45) is 2.99. The highest BCUT2D eigenvalue weighted by molar-refractivity contribution is 5.83. The van der Waals surface area contributed by atoms with Crippen molar-refractivity contribution in [2.75, 3.05) is 6.54 Å². The molecule has 102 valence electrons. The molecule has 0 unspecified atom stereocenters. The summed E-state index contributed by atoms with van der Waals surface area (Å²) < 4.78 is 2.20. The number of nitrogens with two attached hydrogens (primary N) is 1. The average molecular weight is 266 g/mol. The quantitative estimate of drug-likeness (QED) is 0.763. The van der Waals surface area contributed by atoms with Gasteiger partial charge in [-0.05, 0) is 48.4 Å². The number of fused-ring (bicyclic) bond motifs is 1. The molecular formula is C17H18N2O. The van der Waals surface area contributed by atoms with Gasteiger partial charge in [0.15, 0.2) is 0 Å². The van der Waals surface area contributed by atoms with E-state index in [4.69, 9.17) is 5.73 Å². The molecule has 0 fully saturated rings. The van der Waals surface area contributed by atoms with Crippen molar-refractivity contribution < 1.29 is 5.11 Å². The van der Waals surface area contributed by atoms with Gasteiger partial charge in [0.25, 0.3) is 0 Å². The molecule has 0 aliphatic carbocycles. The predicted molar refractivity (Wildman–Crippen MR) is 81.9 cm³/mol. The van der Waals surface area contributed by atoms with Crippen LogP contribution in [0.15, 0.2) is 54.7 Å². The molecule has 0 aliphatic rings. The van der Waals surface area contributed by atoms with Crippen LogP contribution in [0.1, 0.15) is 11.1 Å². The second-order valence-corrected chi connectivity index (χ2v) is 5.00. The zero-order valence-corrected chi connectivity index (χ0v) is 11.3. The molecule has 20 heavy (non-hydrogen) atoms. The smallest absolute Gasteiger partial charge is 0.115 e. The zero-order chi connectivity index (χ0) is 13.9. The van der Waals surface area contributed by atoms with E-state index in [1.165, 1.54) is 16.5 Å². The Balaban J connectivity index is 1.98. The lowest BCUT2D eigenvalue weighted by atomic mass is 10.1. The van der Waals surface area contributed by atoms with Crippen LogP contribution in [0, 0.1) is 0 Å². The molecule has 3 aromatic rings. The lowest BCUT2D eigenvalue weighted by molar-refractivity contribution is 0.474. The molecule has 0 bridgehead atoms. The standard InChI is InChI=1S/C17H18N2O/c18-9-7-14-4-2-6-17-16(14)8-10-19(17)12-13-3-1-5-15(20)11-13/h1-6,8,10-11,20H,7,9,12,18H2. The van der Waals surface area contributed by atoms with Crippen molar-refractivity contribution in [1.29, 1.82) is 0 Å². The minimum absolute atomic E-state index is 0.308. The number of phenolic OH excluding ortho intramolecular Hbond substituents is 1. The Hall–Kier alpha value is -2.26. The van der Waals surface area contributed by atoms with Gasteiger partial charge >= 0.3 is 0 Å². The summed E-state index contributed by atoms with van der Waals surface area (Å²) in [6, 6.07) is 15.9. The van der Waals surface area contributed by atoms with Crippen LogP contribution in [-0.2, 0) is 13.0 Å². The Morgan fingerprint density at radius 2 is 1.90 bits per heavy atom. The van der Waals surface area contributed by atoms with Gasteiger partial charge in [0, 0.05) is 23.6 Å². The fourth-order valence-corrected chi connectivity index (χ4v) is 2.65. The molecule has 1 heterocycles. The number of hydrogen-bond donors (Lipinski definition) is 2. The van der Waals surface area contributed by atoms with E-state index in [-0.39, 0.29) is 0 Å². The number of benzene rings is 2. The number of aromatic nitrogens is 1. The highest BCUT2D eigenvalue weighted by Gasteiger charge is 2.05. The first-order valence-corrected chi connectivity index (χ1v) is 6.82. The highest BCUT2D eigenvalue weighted by Crippen LogP contribution is 2.22. The third-order valence-electron chi connectivity index (χ3n) is 3.58. The molecule has 3 nitrogen and oxygen atoms in total. The summed E-state index contributed by atoms with van der Waals surface area (Å²) in [5, 5.41) is 10.8. The Kier molecular flexibility index (Phi) is 3.44. The first kappa shape index (κ1) is 12.8. The second-order valence-electron chi connectivity index (χ2n) is 5.00. The second kappa shape index (κ2) is 5.39. The Bertz CT molecular complexity index is 731. The van der Waals surface area contributed by atoms with Crippen LogP contribution in [0.2, 0.25) is 0 Å². The number of nitrogens with zero attached hydrogens (tertiary/aromatic N) is 1. The number of hydrogen-bond acceptors (Lipinski definition) is 2. The van der Waals surface area contributed by atoms with E-state index in [0.717, 1.165) is 18.5 Å². The number of phenols is 1. The SMILES string of the molecule is NCCc1cccc2c1ccn2Cc1cccc(O)c1. The van der Waals surface area contributed by atoms with Gasteiger partial charge in [0.2, 0.25) is 0 Å². The number of aromatic hydroxyl groups is 1. The van der Waals surface area contributed by atoms with Gasteiger partial charge in [-0.1, -0.05) is 24.3 Å². The van der Waals surface area contributed by atoms with Gasteiger partial charge in [-0.25, -0.2) is 0 Å². The van der Waals surface area contributed by atoms with Gasteiger partial charge in [-0.2, -0.15) is 0 Å². The fraction of sp³-hybridized carbons (Fsp3) is 0.176. The summed E-state index contributed by atoms with van der Waals surface area (Å²) in [5.41, 5.74) is 9.25. The average Bonchev–Trinajstić information content (AvgIpc) is 2.84. The molecule has 0 saturated carbocycles. The summed E-state index contributed by atoms with van der Waals surface area (Å²) in [5.74, 6) is 0.308. The minimum Gasteiger partial charge on any atom is -0.508 e. The third kappa shape index (κ3) is 2.40. The van der Waals surface area contributed by atoms with E-state index in [0.29, 0.717) is 12.3 Å². The molecule has 0 saturated heterocycles. The van der Waals surface area contributed by atoms with Crippen LogP contribution in [0.4, 0.5) is 0 Å². The van der Waals surface area contributed by atoms with Crippen molar-refractivity contribution in [3.05, 3.63) is 65.9 Å². The Labute approximate surface area is 118 Å². The van der Waals surface area contributed by atoms with Crippen molar-refractivity contribution >= 4 is 10.9 Å². The minimum atomic E-state index is 0.308. The molecule has 0 spiro atoms. The van der Waals surface area contributed by atoms with Crippen LogP contribution >= 0.6 is 0 Å². The highest BCUT2D eigenvalue weighted by atomic mass is 16.3. The monoisotopic (exact) mass is 266 g/mol. The van der Waals surface area contributed by atoms with Crippen LogP contribution in [0.5, 0.6) is 5.75 Å². The summed E-state index contributed by atoms with van der Waals surface area (Å²) in [7, 11) is 0. The summed E-state index contributed by atoms with van der Waals surface area (Å²) in [6.45, 7) is 1.42. The van der Waals surface area contributed by atoms with Crippen molar-refractivity contribution in [3.8, 4) is 5.75 Å². The molecule has 3 heteroatoms. The topological polar surface area (TPSA) is 51.2 Å². The third-order valence-corrected chi connectivity index (χ3v) is 3.58. The van der Waals surface area contributed by atoms with Gasteiger partial charge in [0.1, 0.15) is 5.75 Å². The molecule has 0 amide bonds. The van der Waals surface area contributed by atoms with E-state index in [1.807, 2.05) is 12.1 Å². The lowest BCUT2D eigenvalue weighted by Crippen LogP contribution is -2.03.